The average Bonchev–Trinajstić information content (AvgIpc) is 2.29. The molecule has 0 amide bonds. The Morgan fingerprint density at radius 1 is 1.27 bits per heavy atom. The van der Waals surface area contributed by atoms with Gasteiger partial charge in [-0.2, -0.15) is 0 Å². The molecule has 0 saturated carbocycles. The molecule has 0 radical (unpaired) electrons. The van der Waals surface area contributed by atoms with Crippen LogP contribution in [0.5, 0.6) is 11.5 Å². The number of hydrogen-bond donors (Lipinski definition) is 0. The number of hydrogen-bond acceptors (Lipinski definition) is 3. The Morgan fingerprint density at radius 2 is 2.00 bits per heavy atom. The first-order chi connectivity index (χ1) is 7.31. The Bertz CT molecular complexity index is 407. The molecule has 0 saturated heterocycles. The molecule has 0 bridgehead atoms. The average molecular weight is 204 g/mol. The van der Waals surface area contributed by atoms with Crippen LogP contribution in [0.4, 0.5) is 0 Å². The van der Waals surface area contributed by atoms with Crippen molar-refractivity contribution in [2.45, 2.75) is 6.92 Å². The lowest BCUT2D eigenvalue weighted by Crippen LogP contribution is -2.15. The van der Waals surface area contributed by atoms with Gasteiger partial charge in [-0.1, -0.05) is 6.08 Å². The maximum Gasteiger partial charge on any atom is 0.185 e. The number of carbonyl (C=O) groups is 1. The first kappa shape index (κ1) is 9.77. The summed E-state index contributed by atoms with van der Waals surface area (Å²) < 4.78 is 10.8. The largest absolute Gasteiger partial charge is 0.486 e. The quantitative estimate of drug-likeness (QED) is 0.547. The Balaban J connectivity index is 2.31. The van der Waals surface area contributed by atoms with Crippen LogP contribution in [0, 0.1) is 0 Å². The van der Waals surface area contributed by atoms with E-state index in [1.807, 2.05) is 6.92 Å². The molecule has 2 rings (SSSR count). The fraction of sp³-hybridized carbons (Fsp3) is 0.250. The molecule has 3 heteroatoms. The normalized spacial score (nSPS) is 14.2. The Kier molecular flexibility index (Phi) is 2.72. The van der Waals surface area contributed by atoms with Crippen LogP contribution in [0.25, 0.3) is 0 Å². The van der Waals surface area contributed by atoms with Crippen molar-refractivity contribution in [2.75, 3.05) is 13.2 Å². The van der Waals surface area contributed by atoms with Crippen LogP contribution in [0.2, 0.25) is 0 Å². The van der Waals surface area contributed by atoms with E-state index in [0.717, 1.165) is 0 Å². The fourth-order valence-electron chi connectivity index (χ4n) is 1.44. The van der Waals surface area contributed by atoms with Crippen molar-refractivity contribution >= 4 is 5.78 Å². The van der Waals surface area contributed by atoms with E-state index < -0.39 is 0 Å². The zero-order chi connectivity index (χ0) is 10.7. The van der Waals surface area contributed by atoms with E-state index in [4.69, 9.17) is 9.47 Å². The summed E-state index contributed by atoms with van der Waals surface area (Å²) in [6.07, 6.45) is 3.25. The summed E-state index contributed by atoms with van der Waals surface area (Å²) in [5.74, 6) is 1.34. The summed E-state index contributed by atoms with van der Waals surface area (Å²) in [4.78, 5) is 11.5. The number of ketones is 1. The molecule has 0 N–H and O–H groups in total. The van der Waals surface area contributed by atoms with E-state index in [-0.39, 0.29) is 5.78 Å². The van der Waals surface area contributed by atoms with E-state index in [1.165, 1.54) is 6.08 Å². The van der Waals surface area contributed by atoms with Gasteiger partial charge in [0.05, 0.1) is 0 Å². The van der Waals surface area contributed by atoms with E-state index in [2.05, 4.69) is 0 Å². The minimum atomic E-state index is -0.0190. The third-order valence-electron chi connectivity index (χ3n) is 2.14. The van der Waals surface area contributed by atoms with E-state index in [0.29, 0.717) is 30.3 Å². The molecule has 1 aliphatic rings. The van der Waals surface area contributed by atoms with Crippen molar-refractivity contribution in [3.05, 3.63) is 35.9 Å². The lowest BCUT2D eigenvalue weighted by atomic mass is 10.1. The number of allylic oxidation sites excluding steroid dienone is 2. The molecular formula is C12H12O3. The fourth-order valence-corrected chi connectivity index (χ4v) is 1.44. The van der Waals surface area contributed by atoms with Crippen molar-refractivity contribution in [1.82, 2.24) is 0 Å². The Morgan fingerprint density at radius 3 is 2.73 bits per heavy atom. The lowest BCUT2D eigenvalue weighted by Gasteiger charge is -2.18. The summed E-state index contributed by atoms with van der Waals surface area (Å²) in [5.41, 5.74) is 0.623. The third kappa shape index (κ3) is 2.01. The second-order valence-electron chi connectivity index (χ2n) is 3.22. The van der Waals surface area contributed by atoms with Gasteiger partial charge in [0.25, 0.3) is 0 Å². The zero-order valence-electron chi connectivity index (χ0n) is 8.53. The second-order valence-corrected chi connectivity index (χ2v) is 3.22. The number of fused-ring (bicyclic) bond motifs is 1. The summed E-state index contributed by atoms with van der Waals surface area (Å²) in [7, 11) is 0. The molecule has 3 nitrogen and oxygen atoms in total. The molecule has 0 unspecified atom stereocenters. The molecule has 1 aromatic carbocycles. The van der Waals surface area contributed by atoms with Gasteiger partial charge in [-0.25, -0.2) is 0 Å². The van der Waals surface area contributed by atoms with Crippen LogP contribution in [0.15, 0.2) is 30.4 Å². The standard InChI is InChI=1S/C12H12O3/c1-2-3-10(13)9-4-5-11-12(8-9)15-7-6-14-11/h2-5,8H,6-7H2,1H3/b3-2+. The molecular weight excluding hydrogens is 192 g/mol. The number of carbonyl (C=O) groups excluding carboxylic acids is 1. The molecule has 0 spiro atoms. The van der Waals surface area contributed by atoms with Gasteiger partial charge in [-0.05, 0) is 31.2 Å². The van der Waals surface area contributed by atoms with Crippen LogP contribution < -0.4 is 9.47 Å². The van der Waals surface area contributed by atoms with E-state index in [9.17, 15) is 4.79 Å². The van der Waals surface area contributed by atoms with E-state index >= 15 is 0 Å². The molecule has 0 atom stereocenters. The highest BCUT2D eigenvalue weighted by atomic mass is 16.6. The maximum atomic E-state index is 11.5. The van der Waals surface area contributed by atoms with Gasteiger partial charge in [0.1, 0.15) is 13.2 Å². The smallest absolute Gasteiger partial charge is 0.185 e. The van der Waals surface area contributed by atoms with Gasteiger partial charge in [-0.3, -0.25) is 4.79 Å². The monoisotopic (exact) mass is 204 g/mol. The van der Waals surface area contributed by atoms with Gasteiger partial charge >= 0.3 is 0 Å². The van der Waals surface area contributed by atoms with Gasteiger partial charge < -0.3 is 9.47 Å². The van der Waals surface area contributed by atoms with Gasteiger partial charge in [0, 0.05) is 5.56 Å². The summed E-state index contributed by atoms with van der Waals surface area (Å²) in [6.45, 7) is 2.92. The highest BCUT2D eigenvalue weighted by molar-refractivity contribution is 6.04. The zero-order valence-corrected chi connectivity index (χ0v) is 8.53. The minimum Gasteiger partial charge on any atom is -0.486 e. The topological polar surface area (TPSA) is 35.5 Å². The molecule has 78 valence electrons. The van der Waals surface area contributed by atoms with Crippen LogP contribution in [0.1, 0.15) is 17.3 Å². The van der Waals surface area contributed by atoms with Gasteiger partial charge in [-0.15, -0.1) is 0 Å². The first-order valence-electron chi connectivity index (χ1n) is 4.88. The lowest BCUT2D eigenvalue weighted by molar-refractivity contribution is 0.104. The third-order valence-corrected chi connectivity index (χ3v) is 2.14. The molecule has 1 heterocycles. The van der Waals surface area contributed by atoms with Crippen molar-refractivity contribution < 1.29 is 14.3 Å². The molecule has 1 aliphatic heterocycles. The summed E-state index contributed by atoms with van der Waals surface area (Å²) in [5, 5.41) is 0. The Hall–Kier alpha value is -1.77. The van der Waals surface area contributed by atoms with Crippen molar-refractivity contribution in [2.24, 2.45) is 0 Å². The highest BCUT2D eigenvalue weighted by Gasteiger charge is 2.13. The number of rotatable bonds is 2. The van der Waals surface area contributed by atoms with Crippen LogP contribution in [0.3, 0.4) is 0 Å². The molecule has 1 aromatic rings. The van der Waals surface area contributed by atoms with Crippen LogP contribution >= 0.6 is 0 Å². The summed E-state index contributed by atoms with van der Waals surface area (Å²) in [6, 6.07) is 5.23. The molecule has 0 aliphatic carbocycles. The van der Waals surface area contributed by atoms with Gasteiger partial charge in [0.2, 0.25) is 0 Å². The molecule has 0 fully saturated rings. The highest BCUT2D eigenvalue weighted by Crippen LogP contribution is 2.30. The van der Waals surface area contributed by atoms with Crippen LogP contribution in [-0.2, 0) is 0 Å². The predicted octanol–water partition coefficient (Wildman–Crippen LogP) is 2.22. The van der Waals surface area contributed by atoms with Crippen LogP contribution in [-0.4, -0.2) is 19.0 Å². The minimum absolute atomic E-state index is 0.0190. The van der Waals surface area contributed by atoms with Gasteiger partial charge in [0.15, 0.2) is 17.3 Å². The molecule has 15 heavy (non-hydrogen) atoms. The SMILES string of the molecule is C/C=C/C(=O)c1ccc2c(c1)OCCO2. The first-order valence-corrected chi connectivity index (χ1v) is 4.88. The van der Waals surface area contributed by atoms with Crippen molar-refractivity contribution in [3.8, 4) is 11.5 Å². The number of ether oxygens (including phenoxy) is 2. The Labute approximate surface area is 88.3 Å². The number of benzene rings is 1. The summed E-state index contributed by atoms with van der Waals surface area (Å²) >= 11 is 0. The maximum absolute atomic E-state index is 11.5. The van der Waals surface area contributed by atoms with Crippen molar-refractivity contribution in [1.29, 1.82) is 0 Å². The predicted molar refractivity (Wildman–Crippen MR) is 56.6 cm³/mol. The van der Waals surface area contributed by atoms with Crippen molar-refractivity contribution in [3.63, 3.8) is 0 Å². The second kappa shape index (κ2) is 4.17. The molecule has 0 aromatic heterocycles. The van der Waals surface area contributed by atoms with E-state index in [1.54, 1.807) is 24.3 Å².